The lowest BCUT2D eigenvalue weighted by Gasteiger charge is -2.49. The largest absolute Gasteiger partial charge is 0.389 e. The maximum Gasteiger partial charge on any atom is 0.0716 e. The number of aliphatic hydroxyl groups is 1. The van der Waals surface area contributed by atoms with Gasteiger partial charge >= 0.3 is 0 Å². The van der Waals surface area contributed by atoms with Crippen LogP contribution in [-0.2, 0) is 0 Å². The second kappa shape index (κ2) is 4.89. The van der Waals surface area contributed by atoms with E-state index in [1.807, 2.05) is 0 Å². The molecule has 100 valence electrons. The van der Waals surface area contributed by atoms with Crippen molar-refractivity contribution in [2.75, 3.05) is 6.54 Å². The molecule has 2 aliphatic carbocycles. The van der Waals surface area contributed by atoms with Gasteiger partial charge in [0.1, 0.15) is 0 Å². The fraction of sp³-hybridized carbons (Fsp3) is 1.00. The standard InChI is InChI=1S/C15H29NO/c1-12(2)13-5-9-15(17,10-6-13)14(11-16)7-3-4-8-14/h12-13,17H,3-11,16H2,1-2H3. The SMILES string of the molecule is CC(C)C1CCC(O)(C2(CN)CCCC2)CC1. The summed E-state index contributed by atoms with van der Waals surface area (Å²) in [5.74, 6) is 1.57. The van der Waals surface area contributed by atoms with Gasteiger partial charge in [0.05, 0.1) is 5.60 Å². The Morgan fingerprint density at radius 3 is 2.06 bits per heavy atom. The van der Waals surface area contributed by atoms with Gasteiger partial charge in [-0.2, -0.15) is 0 Å². The molecule has 0 unspecified atom stereocenters. The maximum atomic E-state index is 11.0. The first kappa shape index (κ1) is 13.4. The summed E-state index contributed by atoms with van der Waals surface area (Å²) in [6.45, 7) is 5.29. The minimum Gasteiger partial charge on any atom is -0.389 e. The monoisotopic (exact) mass is 239 g/mol. The molecule has 2 rings (SSSR count). The predicted octanol–water partition coefficient (Wildman–Crippen LogP) is 3.08. The molecule has 17 heavy (non-hydrogen) atoms. The van der Waals surface area contributed by atoms with Crippen molar-refractivity contribution in [3.8, 4) is 0 Å². The van der Waals surface area contributed by atoms with Crippen LogP contribution in [0.5, 0.6) is 0 Å². The summed E-state index contributed by atoms with van der Waals surface area (Å²) in [5.41, 5.74) is 5.62. The van der Waals surface area contributed by atoms with Crippen molar-refractivity contribution in [1.29, 1.82) is 0 Å². The van der Waals surface area contributed by atoms with Gasteiger partial charge in [0.25, 0.3) is 0 Å². The van der Waals surface area contributed by atoms with Gasteiger partial charge in [-0.3, -0.25) is 0 Å². The number of hydrogen-bond donors (Lipinski definition) is 2. The second-order valence-electron chi connectivity index (χ2n) is 6.80. The van der Waals surface area contributed by atoms with Crippen molar-refractivity contribution in [2.45, 2.75) is 70.8 Å². The normalized spacial score (nSPS) is 37.6. The van der Waals surface area contributed by atoms with Crippen LogP contribution in [0.3, 0.4) is 0 Å². The van der Waals surface area contributed by atoms with Crippen molar-refractivity contribution in [2.24, 2.45) is 23.0 Å². The summed E-state index contributed by atoms with van der Waals surface area (Å²) in [4.78, 5) is 0. The molecule has 0 aromatic heterocycles. The molecule has 0 aliphatic heterocycles. The van der Waals surface area contributed by atoms with Gasteiger partial charge < -0.3 is 10.8 Å². The Balaban J connectivity index is 2.05. The van der Waals surface area contributed by atoms with E-state index >= 15 is 0 Å². The van der Waals surface area contributed by atoms with E-state index in [0.717, 1.165) is 37.5 Å². The van der Waals surface area contributed by atoms with E-state index < -0.39 is 5.60 Å². The molecule has 0 bridgehead atoms. The van der Waals surface area contributed by atoms with Gasteiger partial charge in [-0.05, 0) is 50.4 Å². The Hall–Kier alpha value is -0.0800. The van der Waals surface area contributed by atoms with Gasteiger partial charge in [-0.15, -0.1) is 0 Å². The number of rotatable bonds is 3. The van der Waals surface area contributed by atoms with Crippen molar-refractivity contribution < 1.29 is 5.11 Å². The third kappa shape index (κ3) is 2.26. The van der Waals surface area contributed by atoms with Crippen LogP contribution >= 0.6 is 0 Å². The van der Waals surface area contributed by atoms with E-state index in [1.54, 1.807) is 0 Å². The molecular formula is C15H29NO. The first-order valence-electron chi connectivity index (χ1n) is 7.45. The quantitative estimate of drug-likeness (QED) is 0.795. The smallest absolute Gasteiger partial charge is 0.0716 e. The molecule has 2 aliphatic rings. The lowest BCUT2D eigenvalue weighted by Crippen LogP contribution is -2.53. The first-order valence-corrected chi connectivity index (χ1v) is 7.45. The van der Waals surface area contributed by atoms with Crippen molar-refractivity contribution in [1.82, 2.24) is 0 Å². The molecule has 0 aromatic carbocycles. The summed E-state index contributed by atoms with van der Waals surface area (Å²) in [7, 11) is 0. The van der Waals surface area contributed by atoms with Crippen LogP contribution in [0, 0.1) is 17.3 Å². The molecule has 2 heteroatoms. The van der Waals surface area contributed by atoms with Gasteiger partial charge in [-0.1, -0.05) is 26.7 Å². The van der Waals surface area contributed by atoms with E-state index in [0.29, 0.717) is 6.54 Å². The summed E-state index contributed by atoms with van der Waals surface area (Å²) in [6.07, 6.45) is 9.14. The zero-order valence-electron chi connectivity index (χ0n) is 11.5. The van der Waals surface area contributed by atoms with Gasteiger partial charge in [0, 0.05) is 12.0 Å². The van der Waals surface area contributed by atoms with Gasteiger partial charge in [0.15, 0.2) is 0 Å². The van der Waals surface area contributed by atoms with Crippen LogP contribution < -0.4 is 5.73 Å². The Kier molecular flexibility index (Phi) is 3.84. The maximum absolute atomic E-state index is 11.0. The minimum atomic E-state index is -0.455. The summed E-state index contributed by atoms with van der Waals surface area (Å²) >= 11 is 0. The van der Waals surface area contributed by atoms with E-state index in [9.17, 15) is 5.11 Å². The van der Waals surface area contributed by atoms with E-state index in [2.05, 4.69) is 13.8 Å². The second-order valence-corrected chi connectivity index (χ2v) is 6.80. The number of nitrogens with two attached hydrogens (primary N) is 1. The zero-order chi connectivity index (χ0) is 12.5. The van der Waals surface area contributed by atoms with Crippen molar-refractivity contribution in [3.05, 3.63) is 0 Å². The molecule has 0 spiro atoms. The Morgan fingerprint density at radius 1 is 1.12 bits per heavy atom. The molecule has 0 heterocycles. The Labute approximate surface area is 106 Å². The van der Waals surface area contributed by atoms with E-state index in [1.165, 1.54) is 25.7 Å². The molecule has 0 saturated heterocycles. The highest BCUT2D eigenvalue weighted by atomic mass is 16.3. The molecule has 0 radical (unpaired) electrons. The highest BCUT2D eigenvalue weighted by Gasteiger charge is 2.51. The van der Waals surface area contributed by atoms with Crippen molar-refractivity contribution >= 4 is 0 Å². The first-order chi connectivity index (χ1) is 8.03. The molecule has 2 nitrogen and oxygen atoms in total. The average molecular weight is 239 g/mol. The highest BCUT2D eigenvalue weighted by Crippen LogP contribution is 2.53. The van der Waals surface area contributed by atoms with Gasteiger partial charge in [0.2, 0.25) is 0 Å². The molecule has 3 N–H and O–H groups in total. The highest BCUT2D eigenvalue weighted by molar-refractivity contribution is 5.04. The minimum absolute atomic E-state index is 0.0505. The Morgan fingerprint density at radius 2 is 1.65 bits per heavy atom. The van der Waals surface area contributed by atoms with Crippen LogP contribution in [0.2, 0.25) is 0 Å². The van der Waals surface area contributed by atoms with E-state index in [-0.39, 0.29) is 5.41 Å². The Bertz CT molecular complexity index is 248. The van der Waals surface area contributed by atoms with E-state index in [4.69, 9.17) is 5.73 Å². The van der Waals surface area contributed by atoms with Crippen LogP contribution in [0.25, 0.3) is 0 Å². The molecule has 0 amide bonds. The van der Waals surface area contributed by atoms with Crippen LogP contribution in [0.1, 0.15) is 65.2 Å². The summed E-state index contributed by atoms with van der Waals surface area (Å²) < 4.78 is 0. The molecule has 2 fully saturated rings. The molecular weight excluding hydrogens is 210 g/mol. The van der Waals surface area contributed by atoms with Gasteiger partial charge in [-0.25, -0.2) is 0 Å². The van der Waals surface area contributed by atoms with Crippen molar-refractivity contribution in [3.63, 3.8) is 0 Å². The topological polar surface area (TPSA) is 46.2 Å². The fourth-order valence-corrected chi connectivity index (χ4v) is 4.23. The van der Waals surface area contributed by atoms with Crippen LogP contribution in [-0.4, -0.2) is 17.3 Å². The molecule has 2 saturated carbocycles. The third-order valence-corrected chi connectivity index (χ3v) is 5.74. The lowest BCUT2D eigenvalue weighted by atomic mass is 9.61. The fourth-order valence-electron chi connectivity index (χ4n) is 4.23. The van der Waals surface area contributed by atoms with Crippen LogP contribution in [0.4, 0.5) is 0 Å². The number of hydrogen-bond acceptors (Lipinski definition) is 2. The lowest BCUT2D eigenvalue weighted by molar-refractivity contribution is -0.113. The summed E-state index contributed by atoms with van der Waals surface area (Å²) in [5, 5.41) is 11.0. The predicted molar refractivity (Wildman–Crippen MR) is 71.7 cm³/mol. The average Bonchev–Trinajstić information content (AvgIpc) is 2.79. The van der Waals surface area contributed by atoms with Crippen LogP contribution in [0.15, 0.2) is 0 Å². The molecule has 0 atom stereocenters. The summed E-state index contributed by atoms with van der Waals surface area (Å²) in [6, 6.07) is 0. The molecule has 0 aromatic rings. The zero-order valence-corrected chi connectivity index (χ0v) is 11.5. The third-order valence-electron chi connectivity index (χ3n) is 5.74.